The maximum atomic E-state index is 15.0. The molecule has 14 heteroatoms. The van der Waals surface area contributed by atoms with Gasteiger partial charge in [-0.1, -0.05) is 0 Å². The van der Waals surface area contributed by atoms with E-state index in [1.54, 1.807) is 13.8 Å². The van der Waals surface area contributed by atoms with E-state index in [1.165, 1.54) is 17.0 Å². The minimum Gasteiger partial charge on any atom is -0.390 e. The van der Waals surface area contributed by atoms with Crippen LogP contribution in [0.15, 0.2) is 35.4 Å². The van der Waals surface area contributed by atoms with E-state index in [0.29, 0.717) is 25.1 Å². The third-order valence-corrected chi connectivity index (χ3v) is 8.21. The van der Waals surface area contributed by atoms with Crippen molar-refractivity contribution in [2.24, 2.45) is 11.3 Å². The molecule has 1 aliphatic heterocycles. The van der Waals surface area contributed by atoms with Gasteiger partial charge in [-0.2, -0.15) is 13.2 Å². The second-order valence-electron chi connectivity index (χ2n) is 11.4. The van der Waals surface area contributed by atoms with Crippen molar-refractivity contribution in [1.82, 2.24) is 19.9 Å². The summed E-state index contributed by atoms with van der Waals surface area (Å²) < 4.78 is 70.3. The van der Waals surface area contributed by atoms with Gasteiger partial charge >= 0.3 is 6.18 Å². The summed E-state index contributed by atoms with van der Waals surface area (Å²) in [6.07, 6.45) is -2.80. The number of carbonyl (C=O) groups excluding carboxylic acids is 2. The number of rotatable bonds is 5. The number of fused-ring (bicyclic) bond motifs is 1. The first-order valence-electron chi connectivity index (χ1n) is 12.9. The fourth-order valence-corrected chi connectivity index (χ4v) is 5.70. The van der Waals surface area contributed by atoms with E-state index < -0.39 is 75.5 Å². The number of carbonyl (C=O) groups is 2. The highest BCUT2D eigenvalue weighted by atomic mass is 19.4. The zero-order chi connectivity index (χ0) is 29.6. The van der Waals surface area contributed by atoms with E-state index in [-0.39, 0.29) is 29.7 Å². The van der Waals surface area contributed by atoms with Gasteiger partial charge in [-0.25, -0.2) is 18.7 Å². The molecule has 1 saturated heterocycles. The Kier molecular flexibility index (Phi) is 5.83. The normalized spacial score (nSPS) is 21.9. The molecule has 2 aliphatic carbocycles. The van der Waals surface area contributed by atoms with Crippen molar-refractivity contribution < 1.29 is 36.6 Å². The van der Waals surface area contributed by atoms with Crippen LogP contribution in [0.2, 0.25) is 0 Å². The molecule has 41 heavy (non-hydrogen) atoms. The lowest BCUT2D eigenvalue weighted by molar-refractivity contribution is -0.158. The fraction of sp³-hybridized carbons (Fsp3) is 0.444. The molecule has 3 aliphatic rings. The summed E-state index contributed by atoms with van der Waals surface area (Å²) in [7, 11) is 0. The van der Waals surface area contributed by atoms with Crippen molar-refractivity contribution >= 4 is 28.7 Å². The number of anilines is 1. The van der Waals surface area contributed by atoms with Gasteiger partial charge in [0.15, 0.2) is 17.3 Å². The van der Waals surface area contributed by atoms with E-state index in [2.05, 4.69) is 9.97 Å². The number of alkyl halides is 3. The van der Waals surface area contributed by atoms with Gasteiger partial charge in [0.05, 0.1) is 28.6 Å². The van der Waals surface area contributed by atoms with Crippen LogP contribution in [-0.4, -0.2) is 55.3 Å². The minimum absolute atomic E-state index is 0.0309. The topological polar surface area (TPSA) is 117 Å². The number of aliphatic hydroxyl groups excluding tert-OH is 1. The predicted octanol–water partition coefficient (Wildman–Crippen LogP) is 3.40. The summed E-state index contributed by atoms with van der Waals surface area (Å²) in [4.78, 5) is 49.3. The molecule has 2 N–H and O–H groups in total. The number of hydrogen-bond acceptors (Lipinski definition) is 6. The molecule has 3 aromatic rings. The zero-order valence-corrected chi connectivity index (χ0v) is 21.8. The SMILES string of the molecule is CC1(C)C(=O)N(c2ccc3c(=O)c(C(=O)N[C@@H](C4CC4)C(F)(F)F)cn(-c4ncc(F)cc4F)c3n2)C2(CC2)C1O. The average molecular weight is 578 g/mol. The van der Waals surface area contributed by atoms with Crippen molar-refractivity contribution in [2.75, 3.05) is 4.90 Å². The molecular weight excluding hydrogens is 553 g/mol. The lowest BCUT2D eigenvalue weighted by Crippen LogP contribution is -2.48. The van der Waals surface area contributed by atoms with Crippen molar-refractivity contribution in [2.45, 2.75) is 63.4 Å². The number of nitrogens with one attached hydrogen (secondary N) is 1. The van der Waals surface area contributed by atoms with Gasteiger partial charge in [0, 0.05) is 12.3 Å². The van der Waals surface area contributed by atoms with E-state index >= 15 is 0 Å². The molecule has 0 bridgehead atoms. The Balaban J connectivity index is 1.53. The van der Waals surface area contributed by atoms with Crippen LogP contribution in [0.5, 0.6) is 0 Å². The Morgan fingerprint density at radius 1 is 1.17 bits per heavy atom. The molecule has 216 valence electrons. The van der Waals surface area contributed by atoms with Crippen LogP contribution in [0.3, 0.4) is 0 Å². The number of hydrogen-bond donors (Lipinski definition) is 2. The zero-order valence-electron chi connectivity index (χ0n) is 21.8. The third kappa shape index (κ3) is 4.18. The molecule has 3 aromatic heterocycles. The average Bonchev–Trinajstić information content (AvgIpc) is 3.82. The molecule has 1 spiro atoms. The molecule has 0 radical (unpaired) electrons. The molecule has 3 fully saturated rings. The van der Waals surface area contributed by atoms with Crippen LogP contribution in [-0.2, 0) is 4.79 Å². The van der Waals surface area contributed by atoms with Gasteiger partial charge < -0.3 is 10.4 Å². The lowest BCUT2D eigenvalue weighted by Gasteiger charge is -2.25. The molecule has 2 atom stereocenters. The molecule has 4 heterocycles. The summed E-state index contributed by atoms with van der Waals surface area (Å²) in [6.45, 7) is 3.19. The number of halogens is 5. The number of amides is 2. The largest absolute Gasteiger partial charge is 0.408 e. The van der Waals surface area contributed by atoms with Crippen LogP contribution >= 0.6 is 0 Å². The molecule has 6 rings (SSSR count). The van der Waals surface area contributed by atoms with Gasteiger partial charge in [0.2, 0.25) is 11.3 Å². The first-order chi connectivity index (χ1) is 19.2. The molecule has 2 amide bonds. The lowest BCUT2D eigenvalue weighted by atomic mass is 9.86. The first-order valence-corrected chi connectivity index (χ1v) is 12.9. The standard InChI is InChI=1S/C27H24F5N5O4/c1-25(2)23(40)26(7-8-26)37(24(25)41)17-6-5-14-18(38)15(22(39)35-19(12-3-4-12)27(30,31)32)11-36(20(14)34-17)21-16(29)9-13(28)10-33-21/h5-6,9-12,19,23,40H,3-4,7-8H2,1-2H3,(H,35,39)/t19-,23?/m0/s1. The quantitative estimate of drug-likeness (QED) is 0.449. The van der Waals surface area contributed by atoms with Crippen LogP contribution in [0.1, 0.15) is 49.9 Å². The van der Waals surface area contributed by atoms with E-state index in [9.17, 15) is 41.4 Å². The van der Waals surface area contributed by atoms with Gasteiger partial charge in [-0.05, 0) is 57.6 Å². The smallest absolute Gasteiger partial charge is 0.390 e. The van der Waals surface area contributed by atoms with Gasteiger partial charge in [0.1, 0.15) is 23.2 Å². The number of aromatic nitrogens is 3. The van der Waals surface area contributed by atoms with Crippen LogP contribution < -0.4 is 15.6 Å². The molecule has 0 aromatic carbocycles. The highest BCUT2D eigenvalue weighted by Gasteiger charge is 2.69. The van der Waals surface area contributed by atoms with E-state index in [4.69, 9.17) is 0 Å². The van der Waals surface area contributed by atoms with Crippen molar-refractivity contribution in [3.05, 3.63) is 58.0 Å². The second kappa shape index (κ2) is 8.78. The van der Waals surface area contributed by atoms with Gasteiger partial charge in [0.25, 0.3) is 5.91 Å². The van der Waals surface area contributed by atoms with Crippen LogP contribution in [0.4, 0.5) is 27.8 Å². The fourth-order valence-electron chi connectivity index (χ4n) is 5.70. The maximum absolute atomic E-state index is 15.0. The Labute approximate surface area is 229 Å². The second-order valence-corrected chi connectivity index (χ2v) is 11.4. The van der Waals surface area contributed by atoms with Crippen molar-refractivity contribution in [1.29, 1.82) is 0 Å². The monoisotopic (exact) mass is 577 g/mol. The van der Waals surface area contributed by atoms with E-state index in [1.807, 2.05) is 5.32 Å². The summed E-state index contributed by atoms with van der Waals surface area (Å²) in [5.41, 5.74) is -4.06. The van der Waals surface area contributed by atoms with Crippen molar-refractivity contribution in [3.8, 4) is 5.82 Å². The van der Waals surface area contributed by atoms with Crippen molar-refractivity contribution in [3.63, 3.8) is 0 Å². The summed E-state index contributed by atoms with van der Waals surface area (Å²) in [6, 6.07) is 0.868. The molecule has 1 unspecified atom stereocenters. The predicted molar refractivity (Wildman–Crippen MR) is 134 cm³/mol. The third-order valence-electron chi connectivity index (χ3n) is 8.21. The Hall–Kier alpha value is -3.94. The number of pyridine rings is 3. The minimum atomic E-state index is -4.76. The van der Waals surface area contributed by atoms with E-state index in [0.717, 1.165) is 10.8 Å². The highest BCUT2D eigenvalue weighted by Crippen LogP contribution is 2.57. The Morgan fingerprint density at radius 2 is 1.85 bits per heavy atom. The maximum Gasteiger partial charge on any atom is 0.408 e. The molecular formula is C27H24F5N5O4. The number of nitrogens with zero attached hydrogens (tertiary/aromatic N) is 4. The Morgan fingerprint density at radius 3 is 2.44 bits per heavy atom. The van der Waals surface area contributed by atoms with Crippen LogP contribution in [0, 0.1) is 23.0 Å². The molecule has 2 saturated carbocycles. The summed E-state index contributed by atoms with van der Waals surface area (Å²) in [5.74, 6) is -5.36. The van der Waals surface area contributed by atoms with Gasteiger partial charge in [-0.3, -0.25) is 23.9 Å². The number of aliphatic hydroxyl groups is 1. The first kappa shape index (κ1) is 27.2. The highest BCUT2D eigenvalue weighted by molar-refractivity contribution is 6.03. The van der Waals surface area contributed by atoms with Gasteiger partial charge in [-0.15, -0.1) is 0 Å². The van der Waals surface area contributed by atoms with Crippen LogP contribution in [0.25, 0.3) is 16.9 Å². The summed E-state index contributed by atoms with van der Waals surface area (Å²) >= 11 is 0. The Bertz CT molecular complexity index is 1680. The molecule has 9 nitrogen and oxygen atoms in total. The summed E-state index contributed by atoms with van der Waals surface area (Å²) in [5, 5.41) is 12.5.